The second-order valence-electron chi connectivity index (χ2n) is 6.65. The number of carbonyl (C=O) groups is 2. The molecular formula is C21H16N2O7. The molecule has 2 N–H and O–H groups in total. The lowest BCUT2D eigenvalue weighted by atomic mass is 10.1. The predicted octanol–water partition coefficient (Wildman–Crippen LogP) is 3.45. The number of fused-ring (bicyclic) bond motifs is 2. The van der Waals surface area contributed by atoms with Crippen LogP contribution in [0.4, 0.5) is 4.79 Å². The van der Waals surface area contributed by atoms with E-state index in [0.29, 0.717) is 22.6 Å². The number of H-pyrrole nitrogens is 1. The van der Waals surface area contributed by atoms with E-state index in [2.05, 4.69) is 4.98 Å². The Bertz CT molecular complexity index is 1210. The van der Waals surface area contributed by atoms with Gasteiger partial charge in [0, 0.05) is 28.2 Å². The van der Waals surface area contributed by atoms with Crippen LogP contribution in [0.5, 0.6) is 11.5 Å². The van der Waals surface area contributed by atoms with Crippen LogP contribution >= 0.6 is 0 Å². The van der Waals surface area contributed by atoms with Crippen LogP contribution in [0.2, 0.25) is 0 Å². The topological polar surface area (TPSA) is 110 Å². The number of para-hydroxylation sites is 1. The number of carbonyl (C=O) groups excluding carboxylic acids is 1. The molecule has 1 atom stereocenters. The Balaban J connectivity index is 1.66. The molecule has 1 unspecified atom stereocenters. The van der Waals surface area contributed by atoms with E-state index in [9.17, 15) is 14.7 Å². The minimum absolute atomic E-state index is 0.0825. The largest absolute Gasteiger partial charge is 0.465 e. The number of benzene rings is 2. The number of aromatic nitrogens is 1. The van der Waals surface area contributed by atoms with Crippen molar-refractivity contribution in [2.45, 2.75) is 6.23 Å². The normalized spacial score (nSPS) is 17.4. The van der Waals surface area contributed by atoms with E-state index in [1.165, 1.54) is 7.11 Å². The van der Waals surface area contributed by atoms with Gasteiger partial charge in [-0.3, -0.25) is 0 Å². The van der Waals surface area contributed by atoms with E-state index in [1.54, 1.807) is 24.4 Å². The summed E-state index contributed by atoms with van der Waals surface area (Å²) in [4.78, 5) is 28.8. The maximum Gasteiger partial charge on any atom is 0.415 e. The second kappa shape index (κ2) is 6.73. The average Bonchev–Trinajstić information content (AvgIpc) is 3.47. The summed E-state index contributed by atoms with van der Waals surface area (Å²) < 4.78 is 21.7. The molecule has 0 bridgehead atoms. The maximum absolute atomic E-state index is 12.6. The van der Waals surface area contributed by atoms with Crippen LogP contribution in [-0.4, -0.2) is 41.0 Å². The zero-order chi connectivity index (χ0) is 20.8. The molecule has 30 heavy (non-hydrogen) atoms. The van der Waals surface area contributed by atoms with Crippen molar-refractivity contribution < 1.29 is 33.6 Å². The summed E-state index contributed by atoms with van der Waals surface area (Å²) in [5.74, 6) is 0.323. The van der Waals surface area contributed by atoms with Gasteiger partial charge in [0.15, 0.2) is 23.0 Å². The Kier molecular flexibility index (Phi) is 4.02. The van der Waals surface area contributed by atoms with Gasteiger partial charge in [-0.15, -0.1) is 0 Å². The Morgan fingerprint density at radius 1 is 1.17 bits per heavy atom. The van der Waals surface area contributed by atoms with Gasteiger partial charge in [-0.25, -0.2) is 14.5 Å². The number of esters is 1. The zero-order valence-electron chi connectivity index (χ0n) is 15.7. The van der Waals surface area contributed by atoms with Gasteiger partial charge in [-0.05, 0) is 24.3 Å². The molecule has 0 saturated heterocycles. The Morgan fingerprint density at radius 3 is 2.77 bits per heavy atom. The van der Waals surface area contributed by atoms with Crippen molar-refractivity contribution in [1.29, 1.82) is 0 Å². The van der Waals surface area contributed by atoms with E-state index < -0.39 is 18.3 Å². The van der Waals surface area contributed by atoms with Gasteiger partial charge in [-0.1, -0.05) is 18.2 Å². The SMILES string of the molecule is COC(=O)C1=C(c2c[nH]c3ccccc23)OC(c2ccc3c(c2)OCO3)N1C(=O)O. The second-order valence-corrected chi connectivity index (χ2v) is 6.65. The number of amides is 1. The Hall–Kier alpha value is -4.14. The number of hydrogen-bond acceptors (Lipinski definition) is 6. The van der Waals surface area contributed by atoms with Gasteiger partial charge in [0.1, 0.15) is 0 Å². The molecule has 0 spiro atoms. The molecule has 3 aromatic rings. The van der Waals surface area contributed by atoms with Crippen molar-refractivity contribution >= 4 is 28.7 Å². The highest BCUT2D eigenvalue weighted by Gasteiger charge is 2.44. The lowest BCUT2D eigenvalue weighted by molar-refractivity contribution is -0.137. The molecule has 1 amide bonds. The summed E-state index contributed by atoms with van der Waals surface area (Å²) in [5.41, 5.74) is 1.66. The minimum Gasteiger partial charge on any atom is -0.465 e. The van der Waals surface area contributed by atoms with Gasteiger partial charge in [0.05, 0.1) is 7.11 Å². The average molecular weight is 408 g/mol. The first-order valence-corrected chi connectivity index (χ1v) is 9.06. The van der Waals surface area contributed by atoms with Gasteiger partial charge in [-0.2, -0.15) is 0 Å². The van der Waals surface area contributed by atoms with E-state index in [0.717, 1.165) is 15.8 Å². The molecule has 1 aromatic heterocycles. The third kappa shape index (κ3) is 2.63. The highest BCUT2D eigenvalue weighted by atomic mass is 16.7. The molecular weight excluding hydrogens is 392 g/mol. The molecule has 9 heteroatoms. The molecule has 0 saturated carbocycles. The minimum atomic E-state index is -1.35. The summed E-state index contributed by atoms with van der Waals surface area (Å²) in [6.07, 6.45) is -0.784. The number of nitrogens with one attached hydrogen (secondary N) is 1. The summed E-state index contributed by atoms with van der Waals surface area (Å²) in [5, 5.41) is 10.7. The quantitative estimate of drug-likeness (QED) is 0.639. The van der Waals surface area contributed by atoms with Crippen molar-refractivity contribution in [2.24, 2.45) is 0 Å². The summed E-state index contributed by atoms with van der Waals surface area (Å²) >= 11 is 0. The number of rotatable bonds is 3. The lowest BCUT2D eigenvalue weighted by Gasteiger charge is -2.22. The van der Waals surface area contributed by atoms with Gasteiger partial charge < -0.3 is 29.0 Å². The maximum atomic E-state index is 12.6. The number of carboxylic acid groups (broad SMARTS) is 1. The first-order valence-electron chi connectivity index (χ1n) is 9.06. The number of ether oxygens (including phenoxy) is 4. The van der Waals surface area contributed by atoms with Crippen LogP contribution < -0.4 is 9.47 Å². The monoisotopic (exact) mass is 408 g/mol. The van der Waals surface area contributed by atoms with Crippen LogP contribution in [0.15, 0.2) is 54.4 Å². The highest BCUT2D eigenvalue weighted by Crippen LogP contribution is 2.45. The third-order valence-electron chi connectivity index (χ3n) is 5.02. The summed E-state index contributed by atoms with van der Waals surface area (Å²) in [6.45, 7) is 0.0825. The molecule has 152 valence electrons. The highest BCUT2D eigenvalue weighted by molar-refractivity contribution is 6.03. The van der Waals surface area contributed by atoms with Crippen LogP contribution in [0, 0.1) is 0 Å². The van der Waals surface area contributed by atoms with E-state index in [1.807, 2.05) is 24.3 Å². The summed E-state index contributed by atoms with van der Waals surface area (Å²) in [7, 11) is 1.19. The summed E-state index contributed by atoms with van der Waals surface area (Å²) in [6, 6.07) is 12.4. The first-order chi connectivity index (χ1) is 14.6. The molecule has 3 heterocycles. The molecule has 2 aromatic carbocycles. The van der Waals surface area contributed by atoms with Gasteiger partial charge in [0.25, 0.3) is 0 Å². The third-order valence-corrected chi connectivity index (χ3v) is 5.02. The molecule has 0 aliphatic carbocycles. The van der Waals surface area contributed by atoms with Crippen molar-refractivity contribution in [3.8, 4) is 11.5 Å². The number of methoxy groups -OCH3 is 1. The van der Waals surface area contributed by atoms with Crippen molar-refractivity contribution in [2.75, 3.05) is 13.9 Å². The number of hydrogen-bond donors (Lipinski definition) is 2. The Morgan fingerprint density at radius 2 is 1.97 bits per heavy atom. The van der Waals surface area contributed by atoms with E-state index in [4.69, 9.17) is 18.9 Å². The smallest absolute Gasteiger partial charge is 0.415 e. The van der Waals surface area contributed by atoms with Crippen LogP contribution in [0.1, 0.15) is 17.4 Å². The van der Waals surface area contributed by atoms with Crippen LogP contribution in [-0.2, 0) is 14.3 Å². The van der Waals surface area contributed by atoms with Crippen molar-refractivity contribution in [3.05, 3.63) is 65.5 Å². The fourth-order valence-electron chi connectivity index (χ4n) is 3.66. The number of nitrogens with zero attached hydrogens (tertiary/aromatic N) is 1. The van der Waals surface area contributed by atoms with Gasteiger partial charge >= 0.3 is 12.1 Å². The standard InChI is InChI=1S/C21H16N2O7/c1-27-20(24)17-18(13-9-22-14-5-3-2-4-12(13)14)30-19(23(17)21(25)26)11-6-7-15-16(8-11)29-10-28-15/h2-9,19,22H,10H2,1H3,(H,25,26). The number of aromatic amines is 1. The Labute approximate surface area is 170 Å². The van der Waals surface area contributed by atoms with Crippen LogP contribution in [0.25, 0.3) is 16.7 Å². The lowest BCUT2D eigenvalue weighted by Crippen LogP contribution is -2.33. The fourth-order valence-corrected chi connectivity index (χ4v) is 3.66. The molecule has 0 fully saturated rings. The molecule has 9 nitrogen and oxygen atoms in total. The van der Waals surface area contributed by atoms with Crippen LogP contribution in [0.3, 0.4) is 0 Å². The fraction of sp³-hybridized carbons (Fsp3) is 0.143. The molecule has 2 aliphatic rings. The van der Waals surface area contributed by atoms with E-state index >= 15 is 0 Å². The molecule has 2 aliphatic heterocycles. The van der Waals surface area contributed by atoms with E-state index in [-0.39, 0.29) is 18.2 Å². The predicted molar refractivity (Wildman–Crippen MR) is 103 cm³/mol. The zero-order valence-corrected chi connectivity index (χ0v) is 15.7. The molecule has 5 rings (SSSR count). The molecule has 0 radical (unpaired) electrons. The van der Waals surface area contributed by atoms with Crippen molar-refractivity contribution in [3.63, 3.8) is 0 Å². The van der Waals surface area contributed by atoms with Crippen molar-refractivity contribution in [1.82, 2.24) is 9.88 Å². The first kappa shape index (κ1) is 17.9. The van der Waals surface area contributed by atoms with Gasteiger partial charge in [0.2, 0.25) is 13.0 Å².